The van der Waals surface area contributed by atoms with Crippen LogP contribution in [0.3, 0.4) is 0 Å². The predicted molar refractivity (Wildman–Crippen MR) is 224 cm³/mol. The highest BCUT2D eigenvalue weighted by Crippen LogP contribution is 2.80. The van der Waals surface area contributed by atoms with Crippen LogP contribution in [-0.2, 0) is 57.2 Å². The van der Waals surface area contributed by atoms with Crippen LogP contribution in [0.1, 0.15) is 80.8 Å². The monoisotopic (exact) mass is 838 g/mol. The highest BCUT2D eigenvalue weighted by atomic mass is 16.7. The average Bonchev–Trinajstić information content (AvgIpc) is 3.51. The molecule has 1 aromatic heterocycles. The van der Waals surface area contributed by atoms with Crippen LogP contribution in [0.25, 0.3) is 10.9 Å². The minimum atomic E-state index is -1.68. The molecule has 1 saturated carbocycles. The van der Waals surface area contributed by atoms with Gasteiger partial charge in [0.25, 0.3) is 5.60 Å². The molecule has 1 unspecified atom stereocenters. The molecule has 61 heavy (non-hydrogen) atoms. The fourth-order valence-electron chi connectivity index (χ4n) is 14.1. The molecule has 14 nitrogen and oxygen atoms in total. The zero-order valence-electron chi connectivity index (χ0n) is 36.3. The summed E-state index contributed by atoms with van der Waals surface area (Å²) in [4.78, 5) is 53.7. The largest absolute Gasteiger partial charge is 0.496 e. The summed E-state index contributed by atoms with van der Waals surface area (Å²) in [5.74, 6) is -1.24. The molecule has 0 radical (unpaired) electrons. The van der Waals surface area contributed by atoms with Crippen LogP contribution >= 0.6 is 0 Å². The summed E-state index contributed by atoms with van der Waals surface area (Å²) in [5.41, 5.74) is -1.55. The number of piperidine rings is 1. The lowest BCUT2D eigenvalue weighted by molar-refractivity contribution is -0.178. The van der Waals surface area contributed by atoms with Crippen LogP contribution in [-0.4, -0.2) is 133 Å². The van der Waals surface area contributed by atoms with Crippen molar-refractivity contribution in [1.82, 2.24) is 14.8 Å². The normalized spacial score (nSPS) is 37.9. The topological polar surface area (TPSA) is 167 Å². The molecule has 2 spiro atoms. The van der Waals surface area contributed by atoms with Gasteiger partial charge in [0.2, 0.25) is 0 Å². The lowest BCUT2D eigenvalue weighted by Gasteiger charge is -2.58. The number of epoxide rings is 1. The van der Waals surface area contributed by atoms with Gasteiger partial charge in [0.1, 0.15) is 11.2 Å². The predicted octanol–water partition coefficient (Wildman–Crippen LogP) is 3.85. The van der Waals surface area contributed by atoms with Crippen molar-refractivity contribution < 1.29 is 48.3 Å². The number of esters is 3. The van der Waals surface area contributed by atoms with Crippen LogP contribution in [0.2, 0.25) is 0 Å². The third kappa shape index (κ3) is 4.83. The van der Waals surface area contributed by atoms with Crippen molar-refractivity contribution >= 4 is 34.5 Å². The number of aromatic amines is 1. The Labute approximate surface area is 356 Å². The molecule has 326 valence electrons. The number of nitrogens with zero attached hydrogens (tertiary/aromatic N) is 3. The first-order valence-electron chi connectivity index (χ1n) is 21.9. The second-order valence-electron chi connectivity index (χ2n) is 18.8. The quantitative estimate of drug-likeness (QED) is 0.130. The third-order valence-corrected chi connectivity index (χ3v) is 16.4. The molecule has 3 saturated heterocycles. The Morgan fingerprint density at radius 1 is 1.00 bits per heavy atom. The molecular weight excluding hydrogens is 781 g/mol. The smallest absolute Gasteiger partial charge is 0.347 e. The maximum absolute atomic E-state index is 15.4. The number of carbonyl (C=O) groups excluding carboxylic acids is 3. The van der Waals surface area contributed by atoms with E-state index in [0.717, 1.165) is 33.3 Å². The number of anilines is 1. The second-order valence-corrected chi connectivity index (χ2v) is 18.8. The Bertz CT molecular complexity index is 2400. The van der Waals surface area contributed by atoms with Crippen LogP contribution in [0, 0.1) is 11.3 Å². The molecule has 10 rings (SSSR count). The number of hydrogen-bond donors (Lipinski definition) is 3. The molecule has 14 heteroatoms. The van der Waals surface area contributed by atoms with Crippen molar-refractivity contribution in [2.45, 2.75) is 106 Å². The molecule has 2 aromatic carbocycles. The Balaban J connectivity index is 1.29. The van der Waals surface area contributed by atoms with Crippen LogP contribution in [0.4, 0.5) is 5.69 Å². The number of benzene rings is 2. The van der Waals surface area contributed by atoms with Crippen molar-refractivity contribution in [3.8, 4) is 5.75 Å². The van der Waals surface area contributed by atoms with E-state index in [9.17, 15) is 19.8 Å². The first kappa shape index (κ1) is 40.6. The van der Waals surface area contributed by atoms with E-state index in [1.165, 1.54) is 21.1 Å². The maximum atomic E-state index is 15.4. The Hall–Kier alpha value is -4.47. The molecule has 0 amide bonds. The van der Waals surface area contributed by atoms with E-state index in [4.69, 9.17) is 23.7 Å². The molecule has 4 fully saturated rings. The number of hydrogen-bond acceptors (Lipinski definition) is 13. The highest BCUT2D eigenvalue weighted by Gasteiger charge is 2.98. The summed E-state index contributed by atoms with van der Waals surface area (Å²) >= 11 is 0. The van der Waals surface area contributed by atoms with Gasteiger partial charge in [0.15, 0.2) is 11.8 Å². The minimum absolute atomic E-state index is 0.121. The summed E-state index contributed by atoms with van der Waals surface area (Å²) in [7, 11) is 6.31. The zero-order chi connectivity index (χ0) is 43.1. The molecule has 3 N–H and O–H groups in total. The lowest BCUT2D eigenvalue weighted by atomic mass is 9.49. The number of likely N-dealkylation sites (N-methyl/N-ethyl adjacent to an activating group) is 1. The van der Waals surface area contributed by atoms with Crippen molar-refractivity contribution in [3.63, 3.8) is 0 Å². The molecule has 1 aliphatic carbocycles. The zero-order valence-corrected chi connectivity index (χ0v) is 36.3. The summed E-state index contributed by atoms with van der Waals surface area (Å²) in [6, 6.07) is 9.69. The number of aliphatic hydroxyl groups is 2. The number of methoxy groups -OCH3 is 3. The number of carbonyl (C=O) groups is 3. The van der Waals surface area contributed by atoms with Gasteiger partial charge in [-0.2, -0.15) is 0 Å². The number of fused-ring (bicyclic) bond motifs is 6. The van der Waals surface area contributed by atoms with E-state index in [1.54, 1.807) is 7.11 Å². The number of rotatable bonds is 8. The SMILES string of the molecule is CC[C@]1(O)C[C@H]2CN(CCc3c([nH]c4ccc(CO)cc34)[C@@](C(=O)OC)(c3cc4c(cc3OC)N(C)[C@@]35O[C@]3(C(=O)OC)[C@H](OC(C)=O)[C@]3(CC)C=CCN6CC[C@]45[C@@H]63)C2)C1. The number of H-pyrrole nitrogens is 1. The number of aromatic nitrogens is 1. The van der Waals surface area contributed by atoms with Gasteiger partial charge in [-0.05, 0) is 85.9 Å². The van der Waals surface area contributed by atoms with Gasteiger partial charge in [-0.3, -0.25) is 19.4 Å². The van der Waals surface area contributed by atoms with Crippen LogP contribution in [0.5, 0.6) is 5.75 Å². The summed E-state index contributed by atoms with van der Waals surface area (Å²) in [5, 5.41) is 23.2. The van der Waals surface area contributed by atoms with E-state index < -0.39 is 57.2 Å². The van der Waals surface area contributed by atoms with Crippen LogP contribution < -0.4 is 9.64 Å². The van der Waals surface area contributed by atoms with Gasteiger partial charge in [0, 0.05) is 85.5 Å². The lowest BCUT2D eigenvalue weighted by Crippen LogP contribution is -2.75. The Morgan fingerprint density at radius 2 is 1.79 bits per heavy atom. The van der Waals surface area contributed by atoms with Crippen molar-refractivity contribution in [3.05, 3.63) is 70.4 Å². The van der Waals surface area contributed by atoms with E-state index in [-0.39, 0.29) is 18.6 Å². The fourth-order valence-corrected chi connectivity index (χ4v) is 14.1. The molecule has 7 heterocycles. The average molecular weight is 839 g/mol. The fraction of sp³-hybridized carbons (Fsp3) is 0.596. The van der Waals surface area contributed by atoms with Gasteiger partial charge in [-0.25, -0.2) is 4.79 Å². The van der Waals surface area contributed by atoms with Gasteiger partial charge in [-0.1, -0.05) is 32.1 Å². The first-order valence-corrected chi connectivity index (χ1v) is 21.9. The van der Waals surface area contributed by atoms with Gasteiger partial charge >= 0.3 is 17.9 Å². The second kappa shape index (κ2) is 13.5. The number of nitrogens with one attached hydrogen (secondary N) is 1. The van der Waals surface area contributed by atoms with Crippen molar-refractivity contribution in [2.24, 2.45) is 11.3 Å². The highest BCUT2D eigenvalue weighted by molar-refractivity contribution is 5.96. The van der Waals surface area contributed by atoms with Gasteiger partial charge < -0.3 is 43.8 Å². The van der Waals surface area contributed by atoms with E-state index >= 15 is 4.79 Å². The molecule has 2 bridgehead atoms. The van der Waals surface area contributed by atoms with Gasteiger partial charge in [0.05, 0.1) is 39.0 Å². The third-order valence-electron chi connectivity index (χ3n) is 16.4. The van der Waals surface area contributed by atoms with Gasteiger partial charge in [-0.15, -0.1) is 0 Å². The number of aliphatic hydroxyl groups excluding tert-OH is 1. The van der Waals surface area contributed by atoms with E-state index in [0.29, 0.717) is 88.3 Å². The summed E-state index contributed by atoms with van der Waals surface area (Å²) in [6.07, 6.45) is 6.38. The molecular formula is C47H58N4O10. The molecule has 3 aromatic rings. The maximum Gasteiger partial charge on any atom is 0.347 e. The Kier molecular flexibility index (Phi) is 8.99. The summed E-state index contributed by atoms with van der Waals surface area (Å²) in [6.45, 7) is 8.57. The Morgan fingerprint density at radius 3 is 2.48 bits per heavy atom. The van der Waals surface area contributed by atoms with Crippen molar-refractivity contribution in [2.75, 3.05) is 66.0 Å². The number of ether oxygens (including phenoxy) is 5. The molecule has 7 aliphatic rings. The van der Waals surface area contributed by atoms with Crippen molar-refractivity contribution in [1.29, 1.82) is 0 Å². The standard InChI is InChI=1S/C47H58N4O10/c1-8-42(56)22-29-23-44(40(54)58-6,37-30(13-17-50(24-29)26-42)31-19-28(25-52)11-12-34(31)48-37)33-20-32-35(21-36(33)57-5)49(4)47-45(32)15-18-51-16-10-14-43(9-2,38(45)51)39(60-27(3)53)46(47,61-47)41(55)59-7/h10-12,14,19-21,29,38-39,48,52,56H,8-9,13,15-18,22-26H2,1-7H3/t29-,38+,39-,42+,43-,44+,45-,46+,47+/m1/s1. The molecule has 10 atom stereocenters. The molecule has 6 aliphatic heterocycles. The minimum Gasteiger partial charge on any atom is -0.496 e. The van der Waals surface area contributed by atoms with Crippen LogP contribution in [0.15, 0.2) is 42.5 Å². The summed E-state index contributed by atoms with van der Waals surface area (Å²) < 4.78 is 31.4. The first-order chi connectivity index (χ1) is 29.2. The van der Waals surface area contributed by atoms with E-state index in [1.807, 2.05) is 43.1 Å². The van der Waals surface area contributed by atoms with E-state index in [2.05, 4.69) is 39.9 Å².